The molecule has 1 saturated heterocycles. The number of hydrogen-bond acceptors (Lipinski definition) is 7. The fourth-order valence-electron chi connectivity index (χ4n) is 3.73. The van der Waals surface area contributed by atoms with Gasteiger partial charge in [-0.15, -0.1) is 0 Å². The number of furan rings is 1. The van der Waals surface area contributed by atoms with Gasteiger partial charge in [0.1, 0.15) is 17.3 Å². The monoisotopic (exact) mass is 424 g/mol. The molecule has 1 atom stereocenters. The maximum Gasteiger partial charge on any atom is 0.273 e. The first-order chi connectivity index (χ1) is 15.0. The van der Waals surface area contributed by atoms with Crippen molar-refractivity contribution in [3.8, 4) is 17.1 Å². The Bertz CT molecular complexity index is 1000. The minimum Gasteiger partial charge on any atom is -0.497 e. The standard InChI is InChI=1S/C23H28N4O4/c1-16-4-9-21(30-16)20(27-12-10-26(2)11-13-27)15-24-23(28)19-14-22(31-25-19)17-5-7-18(29-3)8-6-17/h4-9,14,20H,10-13,15H2,1-3H3,(H,24,28)/t20-/m0/s1. The topological polar surface area (TPSA) is 84.0 Å². The van der Waals surface area contributed by atoms with Gasteiger partial charge in [0.05, 0.1) is 13.2 Å². The van der Waals surface area contributed by atoms with Crippen LogP contribution < -0.4 is 10.1 Å². The van der Waals surface area contributed by atoms with Crippen LogP contribution in [0.1, 0.15) is 28.1 Å². The lowest BCUT2D eigenvalue weighted by molar-refractivity contribution is 0.0843. The third-order valence-corrected chi connectivity index (χ3v) is 5.64. The van der Waals surface area contributed by atoms with E-state index in [0.29, 0.717) is 12.3 Å². The van der Waals surface area contributed by atoms with Crippen LogP contribution in [-0.2, 0) is 0 Å². The number of hydrogen-bond donors (Lipinski definition) is 1. The number of carbonyl (C=O) groups is 1. The smallest absolute Gasteiger partial charge is 0.273 e. The second-order valence-electron chi connectivity index (χ2n) is 7.82. The quantitative estimate of drug-likeness (QED) is 0.624. The number of ether oxygens (including phenoxy) is 1. The minimum atomic E-state index is -0.272. The first-order valence-electron chi connectivity index (χ1n) is 10.4. The molecule has 8 nitrogen and oxygen atoms in total. The molecule has 3 aromatic rings. The fraction of sp³-hybridized carbons (Fsp3) is 0.391. The van der Waals surface area contributed by atoms with Crippen LogP contribution in [0.2, 0.25) is 0 Å². The summed E-state index contributed by atoms with van der Waals surface area (Å²) in [4.78, 5) is 17.4. The van der Waals surface area contributed by atoms with Crippen molar-refractivity contribution in [1.29, 1.82) is 0 Å². The second kappa shape index (κ2) is 9.36. The van der Waals surface area contributed by atoms with E-state index in [9.17, 15) is 4.79 Å². The highest BCUT2D eigenvalue weighted by Crippen LogP contribution is 2.25. The number of methoxy groups -OCH3 is 1. The van der Waals surface area contributed by atoms with Crippen LogP contribution in [0.25, 0.3) is 11.3 Å². The molecule has 1 aliphatic rings. The molecule has 31 heavy (non-hydrogen) atoms. The number of aromatic nitrogens is 1. The molecule has 164 valence electrons. The van der Waals surface area contributed by atoms with Crippen molar-refractivity contribution in [2.75, 3.05) is 46.9 Å². The number of aryl methyl sites for hydroxylation is 1. The van der Waals surface area contributed by atoms with E-state index in [2.05, 4.69) is 27.3 Å². The molecule has 8 heteroatoms. The molecule has 3 heterocycles. The van der Waals surface area contributed by atoms with Crippen LogP contribution in [0.4, 0.5) is 0 Å². The number of benzene rings is 1. The molecule has 0 aliphatic carbocycles. The summed E-state index contributed by atoms with van der Waals surface area (Å²) in [5, 5.41) is 6.95. The Morgan fingerprint density at radius 3 is 2.55 bits per heavy atom. The van der Waals surface area contributed by atoms with Crippen molar-refractivity contribution >= 4 is 5.91 Å². The lowest BCUT2D eigenvalue weighted by atomic mass is 10.1. The highest BCUT2D eigenvalue weighted by atomic mass is 16.5. The van der Waals surface area contributed by atoms with Crippen molar-refractivity contribution in [2.24, 2.45) is 0 Å². The Morgan fingerprint density at radius 1 is 1.16 bits per heavy atom. The van der Waals surface area contributed by atoms with Crippen LogP contribution in [0.5, 0.6) is 5.75 Å². The van der Waals surface area contributed by atoms with E-state index < -0.39 is 0 Å². The van der Waals surface area contributed by atoms with Crippen LogP contribution >= 0.6 is 0 Å². The molecule has 0 saturated carbocycles. The lowest BCUT2D eigenvalue weighted by Crippen LogP contribution is -2.48. The summed E-state index contributed by atoms with van der Waals surface area (Å²) in [6, 6.07) is 13.0. The Kier molecular flexibility index (Phi) is 6.39. The van der Waals surface area contributed by atoms with Gasteiger partial charge in [0, 0.05) is 44.4 Å². The molecule has 0 spiro atoms. The van der Waals surface area contributed by atoms with Gasteiger partial charge in [0.25, 0.3) is 5.91 Å². The number of nitrogens with zero attached hydrogens (tertiary/aromatic N) is 3. The Labute approximate surface area is 181 Å². The van der Waals surface area contributed by atoms with Gasteiger partial charge in [-0.05, 0) is 50.4 Å². The number of nitrogens with one attached hydrogen (secondary N) is 1. The Morgan fingerprint density at radius 2 is 1.90 bits per heavy atom. The fourth-order valence-corrected chi connectivity index (χ4v) is 3.73. The third kappa shape index (κ3) is 4.98. The predicted molar refractivity (Wildman–Crippen MR) is 116 cm³/mol. The van der Waals surface area contributed by atoms with E-state index in [0.717, 1.165) is 49.0 Å². The number of amides is 1. The Balaban J connectivity index is 1.43. The van der Waals surface area contributed by atoms with Crippen LogP contribution in [0.3, 0.4) is 0 Å². The second-order valence-corrected chi connectivity index (χ2v) is 7.82. The first kappa shape index (κ1) is 21.1. The van der Waals surface area contributed by atoms with Gasteiger partial charge in [-0.2, -0.15) is 0 Å². The molecule has 4 rings (SSSR count). The van der Waals surface area contributed by atoms with Crippen molar-refractivity contribution in [1.82, 2.24) is 20.3 Å². The van der Waals surface area contributed by atoms with Crippen molar-refractivity contribution in [3.63, 3.8) is 0 Å². The van der Waals surface area contributed by atoms with Gasteiger partial charge in [0.2, 0.25) is 0 Å². The highest BCUT2D eigenvalue weighted by Gasteiger charge is 2.27. The zero-order valence-electron chi connectivity index (χ0n) is 18.1. The van der Waals surface area contributed by atoms with Crippen LogP contribution in [0.15, 0.2) is 51.4 Å². The average Bonchev–Trinajstić information content (AvgIpc) is 3.45. The van der Waals surface area contributed by atoms with Gasteiger partial charge in [0.15, 0.2) is 11.5 Å². The number of likely N-dealkylation sites (N-methyl/N-ethyl adjacent to an activating group) is 1. The maximum absolute atomic E-state index is 12.8. The van der Waals surface area contributed by atoms with Gasteiger partial charge in [-0.25, -0.2) is 0 Å². The molecular weight excluding hydrogens is 396 g/mol. The van der Waals surface area contributed by atoms with Crippen LogP contribution in [0, 0.1) is 6.92 Å². The summed E-state index contributed by atoms with van der Waals surface area (Å²) in [5.41, 5.74) is 1.08. The lowest BCUT2D eigenvalue weighted by Gasteiger charge is -2.37. The molecule has 1 N–H and O–H groups in total. The van der Waals surface area contributed by atoms with E-state index in [1.54, 1.807) is 13.2 Å². The summed E-state index contributed by atoms with van der Waals surface area (Å²) in [5.74, 6) is 2.74. The summed E-state index contributed by atoms with van der Waals surface area (Å²) < 4.78 is 16.4. The molecule has 0 bridgehead atoms. The zero-order chi connectivity index (χ0) is 21.8. The highest BCUT2D eigenvalue weighted by molar-refractivity contribution is 5.93. The summed E-state index contributed by atoms with van der Waals surface area (Å²) >= 11 is 0. The number of rotatable bonds is 7. The molecule has 0 unspecified atom stereocenters. The summed E-state index contributed by atoms with van der Waals surface area (Å²) in [6.45, 7) is 6.17. The number of carbonyl (C=O) groups excluding carboxylic acids is 1. The predicted octanol–water partition coefficient (Wildman–Crippen LogP) is 2.97. The zero-order valence-corrected chi connectivity index (χ0v) is 18.1. The largest absolute Gasteiger partial charge is 0.497 e. The van der Waals surface area contributed by atoms with Gasteiger partial charge in [-0.3, -0.25) is 9.69 Å². The van der Waals surface area contributed by atoms with E-state index in [1.807, 2.05) is 43.3 Å². The normalized spacial score (nSPS) is 16.2. The molecule has 1 aliphatic heterocycles. The van der Waals surface area contributed by atoms with Crippen LogP contribution in [-0.4, -0.2) is 67.7 Å². The van der Waals surface area contributed by atoms with Gasteiger partial charge >= 0.3 is 0 Å². The van der Waals surface area contributed by atoms with E-state index >= 15 is 0 Å². The van der Waals surface area contributed by atoms with Crippen molar-refractivity contribution in [2.45, 2.75) is 13.0 Å². The van der Waals surface area contributed by atoms with Crippen molar-refractivity contribution < 1.29 is 18.5 Å². The summed E-state index contributed by atoms with van der Waals surface area (Å²) in [6.07, 6.45) is 0. The van der Waals surface area contributed by atoms with E-state index in [4.69, 9.17) is 13.7 Å². The number of piperazine rings is 1. The van der Waals surface area contributed by atoms with E-state index in [1.165, 1.54) is 0 Å². The van der Waals surface area contributed by atoms with Gasteiger partial charge in [-0.1, -0.05) is 5.16 Å². The maximum atomic E-state index is 12.8. The molecule has 0 radical (unpaired) electrons. The molecule has 1 aromatic carbocycles. The first-order valence-corrected chi connectivity index (χ1v) is 10.4. The van der Waals surface area contributed by atoms with Gasteiger partial charge < -0.3 is 23.9 Å². The van der Waals surface area contributed by atoms with Crippen molar-refractivity contribution in [3.05, 3.63) is 59.7 Å². The SMILES string of the molecule is COc1ccc(-c2cc(C(=O)NC[C@@H](c3ccc(C)o3)N3CCN(C)CC3)no2)cc1. The average molecular weight is 425 g/mol. The molecule has 1 amide bonds. The molecular formula is C23H28N4O4. The molecule has 1 fully saturated rings. The summed E-state index contributed by atoms with van der Waals surface area (Å²) in [7, 11) is 3.74. The third-order valence-electron chi connectivity index (χ3n) is 5.64. The van der Waals surface area contributed by atoms with E-state index in [-0.39, 0.29) is 17.6 Å². The Hall–Kier alpha value is -3.10. The molecule has 2 aromatic heterocycles. The minimum absolute atomic E-state index is 0.0284.